The molecule has 0 aliphatic carbocycles. The molecule has 68 valence electrons. The first kappa shape index (κ1) is 8.71. The predicted molar refractivity (Wildman–Crippen MR) is 52.7 cm³/mol. The number of aryl methyl sites for hydroxylation is 1. The average Bonchev–Trinajstić information content (AvgIpc) is 2.71. The van der Waals surface area contributed by atoms with E-state index in [0.29, 0.717) is 0 Å². The Balaban J connectivity index is 1.93. The minimum absolute atomic E-state index is 0.857. The van der Waals surface area contributed by atoms with Gasteiger partial charge in [0.2, 0.25) is 0 Å². The lowest BCUT2D eigenvalue weighted by atomic mass is 10.5. The Morgan fingerprint density at radius 1 is 1.62 bits per heavy atom. The third-order valence-electron chi connectivity index (χ3n) is 1.45. The van der Waals surface area contributed by atoms with Crippen LogP contribution in [-0.4, -0.2) is 20.0 Å². The van der Waals surface area contributed by atoms with E-state index in [1.54, 1.807) is 33.3 Å². The zero-order chi connectivity index (χ0) is 9.10. The maximum atomic E-state index is 4.26. The van der Waals surface area contributed by atoms with Crippen molar-refractivity contribution in [1.29, 1.82) is 0 Å². The molecule has 6 heteroatoms. The summed E-state index contributed by atoms with van der Waals surface area (Å²) in [5.41, 5.74) is 2.81. The molecule has 2 rings (SSSR count). The molecule has 0 saturated heterocycles. The van der Waals surface area contributed by atoms with Crippen LogP contribution in [0.5, 0.6) is 0 Å². The lowest BCUT2D eigenvalue weighted by molar-refractivity contribution is 0.755. The molecule has 0 fully saturated rings. The molecule has 13 heavy (non-hydrogen) atoms. The molecule has 0 unspecified atom stereocenters. The maximum Gasteiger partial charge on any atom is 0.174 e. The van der Waals surface area contributed by atoms with Gasteiger partial charge in [-0.25, -0.2) is 0 Å². The Hall–Kier alpha value is -0.880. The van der Waals surface area contributed by atoms with Crippen LogP contribution in [0.1, 0.15) is 5.69 Å². The summed E-state index contributed by atoms with van der Waals surface area (Å²) in [7, 11) is 1.92. The third-order valence-corrected chi connectivity index (χ3v) is 3.35. The zero-order valence-electron chi connectivity index (χ0n) is 7.04. The first-order chi connectivity index (χ1) is 6.34. The Kier molecular flexibility index (Phi) is 2.60. The minimum Gasteiger partial charge on any atom is -0.276 e. The van der Waals surface area contributed by atoms with Crippen molar-refractivity contribution < 1.29 is 0 Å². The molecule has 0 aromatic carbocycles. The number of aromatic nitrogens is 4. The monoisotopic (exact) mass is 212 g/mol. The Morgan fingerprint density at radius 3 is 3.15 bits per heavy atom. The highest BCUT2D eigenvalue weighted by Crippen LogP contribution is 2.22. The van der Waals surface area contributed by atoms with Crippen molar-refractivity contribution in [2.45, 2.75) is 10.1 Å². The first-order valence-electron chi connectivity index (χ1n) is 3.72. The van der Waals surface area contributed by atoms with Gasteiger partial charge in [-0.15, -0.1) is 10.2 Å². The summed E-state index contributed by atoms with van der Waals surface area (Å²) in [6, 6.07) is 2.01. The molecule has 0 bridgehead atoms. The molecule has 0 amide bonds. The molecule has 0 N–H and O–H groups in total. The molecule has 0 spiro atoms. The second-order valence-corrected chi connectivity index (χ2v) is 4.53. The summed E-state index contributed by atoms with van der Waals surface area (Å²) in [6.45, 7) is 0. The lowest BCUT2D eigenvalue weighted by Crippen LogP contribution is -1.89. The normalized spacial score (nSPS) is 10.5. The van der Waals surface area contributed by atoms with Gasteiger partial charge in [-0.3, -0.25) is 4.68 Å². The van der Waals surface area contributed by atoms with Gasteiger partial charge in [-0.1, -0.05) is 23.1 Å². The quantitative estimate of drug-likeness (QED) is 0.724. The smallest absolute Gasteiger partial charge is 0.174 e. The summed E-state index contributed by atoms with van der Waals surface area (Å²) in [5, 5.41) is 12.0. The molecule has 0 saturated carbocycles. The molecular formula is C7H8N4S2. The van der Waals surface area contributed by atoms with Crippen molar-refractivity contribution in [3.63, 3.8) is 0 Å². The van der Waals surface area contributed by atoms with E-state index in [9.17, 15) is 0 Å². The topological polar surface area (TPSA) is 43.6 Å². The number of thioether (sulfide) groups is 1. The van der Waals surface area contributed by atoms with E-state index < -0.39 is 0 Å². The Bertz CT molecular complexity index is 368. The summed E-state index contributed by atoms with van der Waals surface area (Å²) in [6.07, 6.45) is 1.94. The number of hydrogen-bond donors (Lipinski definition) is 0. The Labute approximate surface area is 84.0 Å². The van der Waals surface area contributed by atoms with Crippen molar-refractivity contribution in [1.82, 2.24) is 20.0 Å². The van der Waals surface area contributed by atoms with Gasteiger partial charge in [0.15, 0.2) is 4.34 Å². The van der Waals surface area contributed by atoms with Gasteiger partial charge in [-0.05, 0) is 6.07 Å². The minimum atomic E-state index is 0.857. The van der Waals surface area contributed by atoms with E-state index in [1.807, 2.05) is 19.3 Å². The molecule has 0 aliphatic rings. The van der Waals surface area contributed by atoms with Crippen LogP contribution in [0.25, 0.3) is 0 Å². The number of hydrogen-bond acceptors (Lipinski definition) is 5. The fourth-order valence-electron chi connectivity index (χ4n) is 0.902. The van der Waals surface area contributed by atoms with Crippen molar-refractivity contribution in [2.24, 2.45) is 7.05 Å². The molecular weight excluding hydrogens is 204 g/mol. The second kappa shape index (κ2) is 3.89. The van der Waals surface area contributed by atoms with Crippen LogP contribution in [0.2, 0.25) is 0 Å². The van der Waals surface area contributed by atoms with Gasteiger partial charge < -0.3 is 0 Å². The summed E-state index contributed by atoms with van der Waals surface area (Å²) in [4.78, 5) is 0. The van der Waals surface area contributed by atoms with Crippen LogP contribution in [-0.2, 0) is 12.8 Å². The van der Waals surface area contributed by atoms with Crippen LogP contribution < -0.4 is 0 Å². The predicted octanol–water partition coefficient (Wildman–Crippen LogP) is 1.56. The van der Waals surface area contributed by atoms with E-state index in [1.165, 1.54) is 0 Å². The van der Waals surface area contributed by atoms with E-state index >= 15 is 0 Å². The van der Waals surface area contributed by atoms with Crippen LogP contribution >= 0.6 is 23.1 Å². The van der Waals surface area contributed by atoms with Crippen molar-refractivity contribution in [3.05, 3.63) is 23.5 Å². The largest absolute Gasteiger partial charge is 0.276 e. The van der Waals surface area contributed by atoms with Gasteiger partial charge in [0.25, 0.3) is 0 Å². The standard InChI is InChI=1S/C7H8N4S2/c1-11-3-2-6(10-11)4-12-7-9-8-5-13-7/h2-3,5H,4H2,1H3. The molecule has 2 heterocycles. The van der Waals surface area contributed by atoms with Gasteiger partial charge in [0.1, 0.15) is 5.51 Å². The molecule has 0 atom stereocenters. The van der Waals surface area contributed by atoms with Crippen LogP contribution in [0, 0.1) is 0 Å². The van der Waals surface area contributed by atoms with Gasteiger partial charge >= 0.3 is 0 Å². The molecule has 2 aromatic heterocycles. The second-order valence-electron chi connectivity index (χ2n) is 2.47. The fourth-order valence-corrected chi connectivity index (χ4v) is 2.29. The van der Waals surface area contributed by atoms with Gasteiger partial charge in [-0.2, -0.15) is 5.10 Å². The highest BCUT2D eigenvalue weighted by atomic mass is 32.2. The SMILES string of the molecule is Cn1ccc(CSc2nncs2)n1. The lowest BCUT2D eigenvalue weighted by Gasteiger charge is -1.91. The summed E-state index contributed by atoms with van der Waals surface area (Å²) < 4.78 is 2.79. The highest BCUT2D eigenvalue weighted by Gasteiger charge is 2.00. The molecule has 0 aliphatic heterocycles. The third kappa shape index (κ3) is 2.28. The van der Waals surface area contributed by atoms with Crippen molar-refractivity contribution >= 4 is 23.1 Å². The van der Waals surface area contributed by atoms with E-state index in [0.717, 1.165) is 15.8 Å². The maximum absolute atomic E-state index is 4.26. The van der Waals surface area contributed by atoms with E-state index in [-0.39, 0.29) is 0 Å². The van der Waals surface area contributed by atoms with Gasteiger partial charge in [0, 0.05) is 19.0 Å². The summed E-state index contributed by atoms with van der Waals surface area (Å²) >= 11 is 3.22. The molecule has 4 nitrogen and oxygen atoms in total. The van der Waals surface area contributed by atoms with Crippen LogP contribution in [0.15, 0.2) is 22.1 Å². The van der Waals surface area contributed by atoms with Gasteiger partial charge in [0.05, 0.1) is 5.69 Å². The number of rotatable bonds is 3. The first-order valence-corrected chi connectivity index (χ1v) is 5.58. The average molecular weight is 212 g/mol. The fraction of sp³-hybridized carbons (Fsp3) is 0.286. The van der Waals surface area contributed by atoms with Crippen LogP contribution in [0.4, 0.5) is 0 Å². The van der Waals surface area contributed by atoms with E-state index in [2.05, 4.69) is 15.3 Å². The summed E-state index contributed by atoms with van der Waals surface area (Å²) in [5.74, 6) is 0.857. The highest BCUT2D eigenvalue weighted by molar-refractivity contribution is 8.00. The van der Waals surface area contributed by atoms with Crippen molar-refractivity contribution in [3.8, 4) is 0 Å². The zero-order valence-corrected chi connectivity index (χ0v) is 8.68. The molecule has 2 aromatic rings. The number of nitrogens with zero attached hydrogens (tertiary/aromatic N) is 4. The Morgan fingerprint density at radius 2 is 2.54 bits per heavy atom. The van der Waals surface area contributed by atoms with Crippen LogP contribution in [0.3, 0.4) is 0 Å². The van der Waals surface area contributed by atoms with Crippen molar-refractivity contribution in [2.75, 3.05) is 0 Å². The molecule has 0 radical (unpaired) electrons. The van der Waals surface area contributed by atoms with E-state index in [4.69, 9.17) is 0 Å².